The first kappa shape index (κ1) is 18.0. The van der Waals surface area contributed by atoms with E-state index in [1.165, 1.54) is 0 Å². The van der Waals surface area contributed by atoms with Gasteiger partial charge in [-0.3, -0.25) is 4.79 Å². The van der Waals surface area contributed by atoms with E-state index in [1.54, 1.807) is 0 Å². The highest BCUT2D eigenvalue weighted by atomic mass is 16.1. The van der Waals surface area contributed by atoms with Crippen LogP contribution in [-0.2, 0) is 17.9 Å². The lowest BCUT2D eigenvalue weighted by Crippen LogP contribution is -2.27. The van der Waals surface area contributed by atoms with Crippen molar-refractivity contribution in [1.82, 2.24) is 14.9 Å². The Morgan fingerprint density at radius 3 is 2.62 bits per heavy atom. The average Bonchev–Trinajstić information content (AvgIpc) is 2.97. The van der Waals surface area contributed by atoms with Crippen molar-refractivity contribution in [3.63, 3.8) is 0 Å². The minimum absolute atomic E-state index is 0.00210. The molecule has 5 nitrogen and oxygen atoms in total. The Morgan fingerprint density at radius 2 is 1.92 bits per heavy atom. The van der Waals surface area contributed by atoms with Crippen LogP contribution in [0.1, 0.15) is 25.1 Å². The Labute approximate surface area is 154 Å². The fraction of sp³-hybridized carbons (Fsp3) is 0.333. The highest BCUT2D eigenvalue weighted by Crippen LogP contribution is 2.19. The van der Waals surface area contributed by atoms with Gasteiger partial charge in [-0.2, -0.15) is 0 Å². The first-order valence-electron chi connectivity index (χ1n) is 9.13. The third kappa shape index (κ3) is 3.87. The Bertz CT molecular complexity index is 879. The number of hydrogen-bond acceptors (Lipinski definition) is 3. The summed E-state index contributed by atoms with van der Waals surface area (Å²) in [4.78, 5) is 19.1. The summed E-state index contributed by atoms with van der Waals surface area (Å²) in [6, 6.07) is 14.3. The van der Waals surface area contributed by atoms with Crippen molar-refractivity contribution in [1.29, 1.82) is 0 Å². The Hall–Kier alpha value is -2.82. The van der Waals surface area contributed by atoms with E-state index in [0.717, 1.165) is 41.1 Å². The number of nitrogens with one attached hydrogen (secondary N) is 1. The predicted octanol–water partition coefficient (Wildman–Crippen LogP) is 3.51. The molecule has 136 valence electrons. The van der Waals surface area contributed by atoms with Crippen LogP contribution in [-0.4, -0.2) is 28.5 Å². The lowest BCUT2D eigenvalue weighted by molar-refractivity contribution is -0.121. The van der Waals surface area contributed by atoms with Crippen LogP contribution in [0.25, 0.3) is 10.9 Å². The summed E-state index contributed by atoms with van der Waals surface area (Å²) in [7, 11) is 0. The molecule has 3 rings (SSSR count). The second-order valence-corrected chi connectivity index (χ2v) is 6.40. The highest BCUT2D eigenvalue weighted by Gasteiger charge is 2.09. The van der Waals surface area contributed by atoms with E-state index in [1.807, 2.05) is 48.0 Å². The minimum atomic E-state index is 0.00210. The number of hydrogen-bond donors (Lipinski definition) is 1. The molecule has 0 unspecified atom stereocenters. The van der Waals surface area contributed by atoms with Gasteiger partial charge in [-0.15, -0.1) is 0 Å². The van der Waals surface area contributed by atoms with Gasteiger partial charge in [-0.1, -0.05) is 24.3 Å². The zero-order valence-corrected chi connectivity index (χ0v) is 15.7. The molecule has 0 bridgehead atoms. The lowest BCUT2D eigenvalue weighted by Gasteiger charge is -2.19. The van der Waals surface area contributed by atoms with Gasteiger partial charge in [0, 0.05) is 37.0 Å². The molecular weight excluding hydrogens is 324 g/mol. The smallest absolute Gasteiger partial charge is 0.240 e. The number of aryl methyl sites for hydroxylation is 1. The molecule has 2 heterocycles. The summed E-state index contributed by atoms with van der Waals surface area (Å²) in [5, 5.41) is 4.15. The zero-order valence-electron chi connectivity index (χ0n) is 15.7. The number of aromatic nitrogens is 2. The molecule has 1 N–H and O–H groups in total. The third-order valence-electron chi connectivity index (χ3n) is 4.71. The van der Waals surface area contributed by atoms with Crippen molar-refractivity contribution in [2.45, 2.75) is 33.9 Å². The molecule has 0 spiro atoms. The van der Waals surface area contributed by atoms with E-state index in [-0.39, 0.29) is 5.91 Å². The first-order valence-corrected chi connectivity index (χ1v) is 9.13. The SMILES string of the molecule is CCN(CC)c1ccc(CNC(=O)Cn2c(C)cc3ccccc32)cn1. The summed E-state index contributed by atoms with van der Waals surface area (Å²) >= 11 is 0. The fourth-order valence-corrected chi connectivity index (χ4v) is 3.21. The first-order chi connectivity index (χ1) is 12.6. The van der Waals surface area contributed by atoms with E-state index in [9.17, 15) is 4.79 Å². The molecule has 0 fully saturated rings. The number of rotatable bonds is 7. The van der Waals surface area contributed by atoms with Crippen LogP contribution in [0.3, 0.4) is 0 Å². The van der Waals surface area contributed by atoms with Gasteiger partial charge >= 0.3 is 0 Å². The Kier molecular flexibility index (Phi) is 5.56. The molecule has 0 aliphatic rings. The summed E-state index contributed by atoms with van der Waals surface area (Å²) in [5.41, 5.74) is 3.18. The van der Waals surface area contributed by atoms with E-state index in [0.29, 0.717) is 13.1 Å². The second-order valence-electron chi connectivity index (χ2n) is 6.40. The molecule has 2 aromatic heterocycles. The normalized spacial score (nSPS) is 10.9. The molecule has 0 saturated heterocycles. The van der Waals surface area contributed by atoms with Crippen LogP contribution >= 0.6 is 0 Å². The van der Waals surface area contributed by atoms with Crippen LogP contribution in [0, 0.1) is 6.92 Å². The van der Waals surface area contributed by atoms with Crippen LogP contribution in [0.2, 0.25) is 0 Å². The van der Waals surface area contributed by atoms with Crippen molar-refractivity contribution in [2.24, 2.45) is 0 Å². The number of para-hydroxylation sites is 1. The van der Waals surface area contributed by atoms with Crippen molar-refractivity contribution >= 4 is 22.6 Å². The van der Waals surface area contributed by atoms with Gasteiger partial charge in [-0.25, -0.2) is 4.98 Å². The van der Waals surface area contributed by atoms with Gasteiger partial charge in [-0.05, 0) is 49.9 Å². The number of carbonyl (C=O) groups excluding carboxylic acids is 1. The molecule has 0 radical (unpaired) electrons. The topological polar surface area (TPSA) is 50.2 Å². The summed E-state index contributed by atoms with van der Waals surface area (Å²) in [6.45, 7) is 8.95. The molecule has 0 aliphatic heterocycles. The average molecular weight is 350 g/mol. The monoisotopic (exact) mass is 350 g/mol. The van der Waals surface area contributed by atoms with Crippen molar-refractivity contribution in [3.05, 3.63) is 59.9 Å². The number of fused-ring (bicyclic) bond motifs is 1. The van der Waals surface area contributed by atoms with Gasteiger partial charge in [0.15, 0.2) is 0 Å². The summed E-state index contributed by atoms with van der Waals surface area (Å²) in [5.74, 6) is 0.974. The maximum Gasteiger partial charge on any atom is 0.240 e. The predicted molar refractivity (Wildman–Crippen MR) is 106 cm³/mol. The van der Waals surface area contributed by atoms with Crippen molar-refractivity contribution in [3.8, 4) is 0 Å². The van der Waals surface area contributed by atoms with Gasteiger partial charge in [0.2, 0.25) is 5.91 Å². The minimum Gasteiger partial charge on any atom is -0.357 e. The molecule has 1 aromatic carbocycles. The highest BCUT2D eigenvalue weighted by molar-refractivity contribution is 5.84. The number of nitrogens with zero attached hydrogens (tertiary/aromatic N) is 3. The molecule has 0 atom stereocenters. The quantitative estimate of drug-likeness (QED) is 0.709. The van der Waals surface area contributed by atoms with Gasteiger partial charge in [0.05, 0.1) is 0 Å². The van der Waals surface area contributed by atoms with Gasteiger partial charge in [0.25, 0.3) is 0 Å². The van der Waals surface area contributed by atoms with E-state index in [2.05, 4.69) is 41.2 Å². The molecule has 3 aromatic rings. The van der Waals surface area contributed by atoms with Gasteiger partial charge < -0.3 is 14.8 Å². The fourth-order valence-electron chi connectivity index (χ4n) is 3.21. The number of anilines is 1. The maximum atomic E-state index is 12.4. The van der Waals surface area contributed by atoms with Gasteiger partial charge in [0.1, 0.15) is 12.4 Å². The largest absolute Gasteiger partial charge is 0.357 e. The molecule has 0 aliphatic carbocycles. The summed E-state index contributed by atoms with van der Waals surface area (Å²) < 4.78 is 2.05. The van der Waals surface area contributed by atoms with Crippen molar-refractivity contribution < 1.29 is 4.79 Å². The number of benzene rings is 1. The van der Waals surface area contributed by atoms with Crippen LogP contribution < -0.4 is 10.2 Å². The van der Waals surface area contributed by atoms with Crippen LogP contribution in [0.15, 0.2) is 48.7 Å². The molecular formula is C21H26N4O. The molecule has 1 amide bonds. The molecule has 0 saturated carbocycles. The molecule has 26 heavy (non-hydrogen) atoms. The number of carbonyl (C=O) groups is 1. The van der Waals surface area contributed by atoms with E-state index < -0.39 is 0 Å². The van der Waals surface area contributed by atoms with Crippen molar-refractivity contribution in [2.75, 3.05) is 18.0 Å². The zero-order chi connectivity index (χ0) is 18.5. The molecule has 5 heteroatoms. The summed E-state index contributed by atoms with van der Waals surface area (Å²) in [6.07, 6.45) is 1.84. The van der Waals surface area contributed by atoms with E-state index in [4.69, 9.17) is 0 Å². The van der Waals surface area contributed by atoms with Crippen LogP contribution in [0.4, 0.5) is 5.82 Å². The Balaban J connectivity index is 1.61. The maximum absolute atomic E-state index is 12.4. The Morgan fingerprint density at radius 1 is 1.15 bits per heavy atom. The second kappa shape index (κ2) is 8.04. The van der Waals surface area contributed by atoms with Crippen LogP contribution in [0.5, 0.6) is 0 Å². The number of amides is 1. The van der Waals surface area contributed by atoms with E-state index >= 15 is 0 Å². The third-order valence-corrected chi connectivity index (χ3v) is 4.71. The lowest BCUT2D eigenvalue weighted by atomic mass is 10.2. The number of pyridine rings is 1. The standard InChI is InChI=1S/C21H26N4O/c1-4-24(5-2)20-11-10-17(13-22-20)14-23-21(26)15-25-16(3)12-18-8-6-7-9-19(18)25/h6-13H,4-5,14-15H2,1-3H3,(H,23,26).